The molecular weight excluding hydrogens is 196 g/mol. The van der Waals surface area contributed by atoms with Gasteiger partial charge in [0.2, 0.25) is 0 Å². The Labute approximate surface area is 102 Å². The first kappa shape index (κ1) is 14.0. The topological polar surface area (TPSA) is 6.48 Å². The highest BCUT2D eigenvalue weighted by Gasteiger charge is 2.28. The lowest BCUT2D eigenvalue weighted by molar-refractivity contribution is 0.0426. The molecule has 0 amide bonds. The van der Waals surface area contributed by atoms with Gasteiger partial charge in [-0.3, -0.25) is 4.90 Å². The standard InChI is InChI=1S/C14H30N2/c1-5-8-14(9-6-2)16-11-10-15(4)12-13(16)7-3/h13-14H,5-12H2,1-4H3. The van der Waals surface area contributed by atoms with Crippen molar-refractivity contribution in [3.05, 3.63) is 0 Å². The molecule has 1 aliphatic rings. The summed E-state index contributed by atoms with van der Waals surface area (Å²) in [5.74, 6) is 0. The van der Waals surface area contributed by atoms with Gasteiger partial charge in [0.1, 0.15) is 0 Å². The van der Waals surface area contributed by atoms with Crippen LogP contribution in [0.15, 0.2) is 0 Å². The number of nitrogens with zero attached hydrogens (tertiary/aromatic N) is 2. The van der Waals surface area contributed by atoms with E-state index < -0.39 is 0 Å². The molecule has 0 aromatic rings. The van der Waals surface area contributed by atoms with Crippen LogP contribution in [0.4, 0.5) is 0 Å². The Kier molecular flexibility index (Phi) is 6.37. The predicted octanol–water partition coefficient (Wildman–Crippen LogP) is 2.98. The lowest BCUT2D eigenvalue weighted by Gasteiger charge is -2.44. The second kappa shape index (κ2) is 7.29. The molecule has 1 rings (SSSR count). The maximum atomic E-state index is 2.80. The molecule has 1 heterocycles. The van der Waals surface area contributed by atoms with E-state index in [9.17, 15) is 0 Å². The quantitative estimate of drug-likeness (QED) is 0.687. The molecule has 0 bridgehead atoms. The summed E-state index contributed by atoms with van der Waals surface area (Å²) < 4.78 is 0. The Morgan fingerprint density at radius 2 is 1.69 bits per heavy atom. The Balaban J connectivity index is 2.58. The van der Waals surface area contributed by atoms with Crippen molar-refractivity contribution in [3.63, 3.8) is 0 Å². The molecule has 16 heavy (non-hydrogen) atoms. The van der Waals surface area contributed by atoms with Crippen LogP contribution in [-0.4, -0.2) is 48.6 Å². The van der Waals surface area contributed by atoms with Gasteiger partial charge in [0.15, 0.2) is 0 Å². The molecular formula is C14H30N2. The van der Waals surface area contributed by atoms with E-state index in [1.807, 2.05) is 0 Å². The first-order valence-corrected chi connectivity index (χ1v) is 7.17. The molecule has 0 aromatic carbocycles. The van der Waals surface area contributed by atoms with Crippen LogP contribution in [0.3, 0.4) is 0 Å². The molecule has 1 saturated heterocycles. The van der Waals surface area contributed by atoms with Crippen molar-refractivity contribution < 1.29 is 0 Å². The normalized spacial score (nSPS) is 24.2. The molecule has 2 nitrogen and oxygen atoms in total. The van der Waals surface area contributed by atoms with Crippen LogP contribution in [0.25, 0.3) is 0 Å². The van der Waals surface area contributed by atoms with Gasteiger partial charge in [0.25, 0.3) is 0 Å². The minimum absolute atomic E-state index is 0.793. The van der Waals surface area contributed by atoms with Crippen molar-refractivity contribution in [3.8, 4) is 0 Å². The smallest absolute Gasteiger partial charge is 0.0223 e. The SMILES string of the molecule is CCCC(CCC)N1CCN(C)CC1CC. The van der Waals surface area contributed by atoms with Gasteiger partial charge in [-0.1, -0.05) is 33.6 Å². The maximum absolute atomic E-state index is 2.80. The van der Waals surface area contributed by atoms with E-state index >= 15 is 0 Å². The number of likely N-dealkylation sites (N-methyl/N-ethyl adjacent to an activating group) is 1. The number of rotatable bonds is 6. The molecule has 0 spiro atoms. The van der Waals surface area contributed by atoms with E-state index in [0.717, 1.165) is 12.1 Å². The van der Waals surface area contributed by atoms with Gasteiger partial charge >= 0.3 is 0 Å². The van der Waals surface area contributed by atoms with Gasteiger partial charge < -0.3 is 4.90 Å². The highest BCUT2D eigenvalue weighted by Crippen LogP contribution is 2.21. The Morgan fingerprint density at radius 1 is 1.06 bits per heavy atom. The van der Waals surface area contributed by atoms with Gasteiger partial charge in [0.05, 0.1) is 0 Å². The predicted molar refractivity (Wildman–Crippen MR) is 71.9 cm³/mol. The molecule has 0 saturated carbocycles. The Hall–Kier alpha value is -0.0800. The summed E-state index contributed by atoms with van der Waals surface area (Å²) in [5, 5.41) is 0. The Morgan fingerprint density at radius 3 is 2.19 bits per heavy atom. The van der Waals surface area contributed by atoms with Gasteiger partial charge in [-0.05, 0) is 26.3 Å². The van der Waals surface area contributed by atoms with E-state index in [1.54, 1.807) is 0 Å². The zero-order valence-corrected chi connectivity index (χ0v) is 11.7. The summed E-state index contributed by atoms with van der Waals surface area (Å²) in [6, 6.07) is 1.63. The van der Waals surface area contributed by atoms with Crippen LogP contribution in [0.2, 0.25) is 0 Å². The van der Waals surface area contributed by atoms with Crippen molar-refractivity contribution >= 4 is 0 Å². The molecule has 2 heteroatoms. The van der Waals surface area contributed by atoms with Gasteiger partial charge in [-0.15, -0.1) is 0 Å². The lowest BCUT2D eigenvalue weighted by atomic mass is 9.99. The van der Waals surface area contributed by atoms with Gasteiger partial charge in [-0.25, -0.2) is 0 Å². The summed E-state index contributed by atoms with van der Waals surface area (Å²) in [5.41, 5.74) is 0. The fourth-order valence-electron chi connectivity index (χ4n) is 3.01. The molecule has 1 aliphatic heterocycles. The lowest BCUT2D eigenvalue weighted by Crippen LogP contribution is -2.55. The summed E-state index contributed by atoms with van der Waals surface area (Å²) in [4.78, 5) is 5.28. The maximum Gasteiger partial charge on any atom is 0.0223 e. The third-order valence-corrected chi connectivity index (χ3v) is 3.92. The molecule has 1 unspecified atom stereocenters. The zero-order valence-electron chi connectivity index (χ0n) is 11.7. The van der Waals surface area contributed by atoms with E-state index in [2.05, 4.69) is 37.6 Å². The minimum atomic E-state index is 0.793. The second-order valence-corrected chi connectivity index (χ2v) is 5.29. The van der Waals surface area contributed by atoms with Crippen molar-refractivity contribution in [2.75, 3.05) is 26.7 Å². The number of piperazine rings is 1. The second-order valence-electron chi connectivity index (χ2n) is 5.29. The van der Waals surface area contributed by atoms with E-state index in [0.29, 0.717) is 0 Å². The fraction of sp³-hybridized carbons (Fsp3) is 1.00. The zero-order chi connectivity index (χ0) is 12.0. The highest BCUT2D eigenvalue weighted by atomic mass is 15.3. The van der Waals surface area contributed by atoms with Crippen molar-refractivity contribution in [2.45, 2.75) is 65.0 Å². The molecule has 0 aliphatic carbocycles. The van der Waals surface area contributed by atoms with Crippen molar-refractivity contribution in [2.24, 2.45) is 0 Å². The minimum Gasteiger partial charge on any atom is -0.304 e. The first-order valence-electron chi connectivity index (χ1n) is 7.17. The third-order valence-electron chi connectivity index (χ3n) is 3.92. The van der Waals surface area contributed by atoms with Gasteiger partial charge in [-0.2, -0.15) is 0 Å². The van der Waals surface area contributed by atoms with Crippen LogP contribution in [-0.2, 0) is 0 Å². The average molecular weight is 226 g/mol. The monoisotopic (exact) mass is 226 g/mol. The third kappa shape index (κ3) is 3.74. The molecule has 1 atom stereocenters. The van der Waals surface area contributed by atoms with Crippen LogP contribution in [0, 0.1) is 0 Å². The van der Waals surface area contributed by atoms with Crippen LogP contribution in [0.5, 0.6) is 0 Å². The van der Waals surface area contributed by atoms with Crippen LogP contribution in [0.1, 0.15) is 52.9 Å². The van der Waals surface area contributed by atoms with Gasteiger partial charge in [0, 0.05) is 31.7 Å². The summed E-state index contributed by atoms with van der Waals surface area (Å²) >= 11 is 0. The number of hydrogen-bond donors (Lipinski definition) is 0. The summed E-state index contributed by atoms with van der Waals surface area (Å²) in [7, 11) is 2.26. The number of hydrogen-bond acceptors (Lipinski definition) is 2. The molecule has 0 N–H and O–H groups in total. The summed E-state index contributed by atoms with van der Waals surface area (Å²) in [6.07, 6.45) is 6.72. The highest BCUT2D eigenvalue weighted by molar-refractivity contribution is 4.84. The fourth-order valence-corrected chi connectivity index (χ4v) is 3.01. The molecule has 0 radical (unpaired) electrons. The van der Waals surface area contributed by atoms with Crippen LogP contribution >= 0.6 is 0 Å². The average Bonchev–Trinajstić information content (AvgIpc) is 2.28. The largest absolute Gasteiger partial charge is 0.304 e. The molecule has 0 aromatic heterocycles. The first-order chi connectivity index (χ1) is 7.72. The van der Waals surface area contributed by atoms with E-state index in [-0.39, 0.29) is 0 Å². The van der Waals surface area contributed by atoms with Crippen LogP contribution < -0.4 is 0 Å². The van der Waals surface area contributed by atoms with Crippen molar-refractivity contribution in [1.29, 1.82) is 0 Å². The van der Waals surface area contributed by atoms with E-state index in [4.69, 9.17) is 0 Å². The summed E-state index contributed by atoms with van der Waals surface area (Å²) in [6.45, 7) is 10.8. The van der Waals surface area contributed by atoms with E-state index in [1.165, 1.54) is 51.7 Å². The Bertz CT molecular complexity index is 176. The molecule has 1 fully saturated rings. The molecule has 96 valence electrons. The van der Waals surface area contributed by atoms with Crippen molar-refractivity contribution in [1.82, 2.24) is 9.80 Å².